The van der Waals surface area contributed by atoms with Crippen LogP contribution in [0.5, 0.6) is 0 Å². The Labute approximate surface area is 127 Å². The molecule has 5 heteroatoms. The first kappa shape index (κ1) is 16.1. The first-order chi connectivity index (χ1) is 8.68. The maximum Gasteiger partial charge on any atom is 0.303 e. The van der Waals surface area contributed by atoms with Crippen molar-refractivity contribution in [2.24, 2.45) is 0 Å². The SMILES string of the molecule is Cc1sc2ccccc2[n+]1CCCCCC(=O)O.[Br-]. The minimum atomic E-state index is -0.695. The van der Waals surface area contributed by atoms with Gasteiger partial charge in [0.05, 0.1) is 0 Å². The number of fused-ring (bicyclic) bond motifs is 1. The van der Waals surface area contributed by atoms with Gasteiger partial charge in [-0.2, -0.15) is 4.57 Å². The third kappa shape index (κ3) is 4.28. The Hall–Kier alpha value is -0.940. The van der Waals surface area contributed by atoms with E-state index in [4.69, 9.17) is 5.11 Å². The molecule has 1 aromatic carbocycles. The van der Waals surface area contributed by atoms with Crippen LogP contribution >= 0.6 is 11.3 Å². The highest BCUT2D eigenvalue weighted by molar-refractivity contribution is 7.18. The third-order valence-electron chi connectivity index (χ3n) is 3.07. The molecule has 0 aliphatic rings. The van der Waals surface area contributed by atoms with Gasteiger partial charge in [-0.1, -0.05) is 23.5 Å². The Morgan fingerprint density at radius 2 is 2.00 bits per heavy atom. The smallest absolute Gasteiger partial charge is 0.303 e. The van der Waals surface area contributed by atoms with Crippen LogP contribution < -0.4 is 21.5 Å². The van der Waals surface area contributed by atoms with Gasteiger partial charge in [0.1, 0.15) is 11.2 Å². The Morgan fingerprint density at radius 1 is 1.26 bits per heavy atom. The lowest BCUT2D eigenvalue weighted by Gasteiger charge is -1.97. The second-order valence-electron chi connectivity index (χ2n) is 4.44. The molecule has 0 fully saturated rings. The summed E-state index contributed by atoms with van der Waals surface area (Å²) in [6.45, 7) is 3.12. The number of carboxylic acid groups (broad SMARTS) is 1. The zero-order valence-electron chi connectivity index (χ0n) is 10.9. The van der Waals surface area contributed by atoms with Gasteiger partial charge in [-0.3, -0.25) is 4.79 Å². The fourth-order valence-corrected chi connectivity index (χ4v) is 3.20. The number of carbonyl (C=O) groups is 1. The van der Waals surface area contributed by atoms with Crippen LogP contribution in [-0.4, -0.2) is 11.1 Å². The first-order valence-corrected chi connectivity index (χ1v) is 7.10. The van der Waals surface area contributed by atoms with E-state index < -0.39 is 5.97 Å². The molecule has 1 heterocycles. The molecular formula is C14H18BrNO2S. The molecule has 3 nitrogen and oxygen atoms in total. The van der Waals surface area contributed by atoms with Crippen LogP contribution in [-0.2, 0) is 11.3 Å². The highest BCUT2D eigenvalue weighted by Crippen LogP contribution is 2.19. The number of halogens is 1. The molecule has 0 spiro atoms. The number of carboxylic acids is 1. The number of aromatic nitrogens is 1. The van der Waals surface area contributed by atoms with Crippen molar-refractivity contribution < 1.29 is 31.4 Å². The van der Waals surface area contributed by atoms with Crippen LogP contribution in [0.4, 0.5) is 0 Å². The van der Waals surface area contributed by atoms with Crippen molar-refractivity contribution >= 4 is 27.5 Å². The Kier molecular flexibility index (Phi) is 6.45. The van der Waals surface area contributed by atoms with Gasteiger partial charge in [-0.15, -0.1) is 0 Å². The van der Waals surface area contributed by atoms with E-state index in [1.807, 2.05) is 11.3 Å². The fraction of sp³-hybridized carbons (Fsp3) is 0.429. The summed E-state index contributed by atoms with van der Waals surface area (Å²) in [5.41, 5.74) is 1.29. The minimum absolute atomic E-state index is 0. The van der Waals surface area contributed by atoms with Gasteiger partial charge in [-0.25, -0.2) is 0 Å². The van der Waals surface area contributed by atoms with E-state index in [1.54, 1.807) is 0 Å². The van der Waals surface area contributed by atoms with Crippen LogP contribution in [0.25, 0.3) is 10.2 Å². The average Bonchev–Trinajstić information content (AvgIpc) is 2.65. The minimum Gasteiger partial charge on any atom is -1.00 e. The molecule has 0 radical (unpaired) electrons. The topological polar surface area (TPSA) is 41.2 Å². The van der Waals surface area contributed by atoms with E-state index in [-0.39, 0.29) is 23.4 Å². The molecule has 0 saturated carbocycles. The summed E-state index contributed by atoms with van der Waals surface area (Å²) in [6.07, 6.45) is 3.08. The van der Waals surface area contributed by atoms with E-state index in [1.165, 1.54) is 15.2 Å². The molecule has 0 unspecified atom stereocenters. The van der Waals surface area contributed by atoms with Gasteiger partial charge in [0.15, 0.2) is 0 Å². The van der Waals surface area contributed by atoms with Crippen molar-refractivity contribution in [2.45, 2.75) is 39.2 Å². The fourth-order valence-electron chi connectivity index (χ4n) is 2.15. The van der Waals surface area contributed by atoms with Crippen molar-refractivity contribution in [3.8, 4) is 0 Å². The summed E-state index contributed by atoms with van der Waals surface area (Å²) >= 11 is 1.82. The number of aliphatic carboxylic acids is 1. The van der Waals surface area contributed by atoms with Crippen LogP contribution in [0.2, 0.25) is 0 Å². The standard InChI is InChI=1S/C14H17NO2S.BrH/c1-11-15(10-6-2-3-9-14(16)17)12-7-4-5-8-13(12)18-11;/h4-5,7-8H,2-3,6,9-10H2,1H3;1H. The number of hydrogen-bond donors (Lipinski definition) is 1. The molecule has 104 valence electrons. The largest absolute Gasteiger partial charge is 1.00 e. The molecule has 2 aromatic rings. The lowest BCUT2D eigenvalue weighted by molar-refractivity contribution is -0.673. The molecule has 19 heavy (non-hydrogen) atoms. The van der Waals surface area contributed by atoms with E-state index in [0.29, 0.717) is 0 Å². The first-order valence-electron chi connectivity index (χ1n) is 6.28. The van der Waals surface area contributed by atoms with Crippen molar-refractivity contribution in [3.63, 3.8) is 0 Å². The van der Waals surface area contributed by atoms with E-state index in [9.17, 15) is 4.79 Å². The van der Waals surface area contributed by atoms with E-state index in [0.717, 1.165) is 25.8 Å². The number of benzene rings is 1. The number of nitrogens with zero attached hydrogens (tertiary/aromatic N) is 1. The average molecular weight is 344 g/mol. The lowest BCUT2D eigenvalue weighted by atomic mass is 10.2. The summed E-state index contributed by atoms with van der Waals surface area (Å²) in [7, 11) is 0. The zero-order valence-corrected chi connectivity index (χ0v) is 13.3. The van der Waals surface area contributed by atoms with Gasteiger partial charge in [0.25, 0.3) is 0 Å². The Morgan fingerprint density at radius 3 is 2.74 bits per heavy atom. The number of para-hydroxylation sites is 1. The van der Waals surface area contributed by atoms with Crippen LogP contribution in [0, 0.1) is 6.92 Å². The number of rotatable bonds is 6. The van der Waals surface area contributed by atoms with Crippen molar-refractivity contribution in [2.75, 3.05) is 0 Å². The highest BCUT2D eigenvalue weighted by atomic mass is 79.9. The molecule has 0 atom stereocenters. The van der Waals surface area contributed by atoms with Gasteiger partial charge in [0.2, 0.25) is 10.5 Å². The number of aryl methyl sites for hydroxylation is 2. The third-order valence-corrected chi connectivity index (χ3v) is 4.15. The van der Waals surface area contributed by atoms with E-state index in [2.05, 4.69) is 35.8 Å². The Balaban J connectivity index is 0.00000180. The van der Waals surface area contributed by atoms with Gasteiger partial charge < -0.3 is 22.1 Å². The summed E-state index contributed by atoms with van der Waals surface area (Å²) in [6, 6.07) is 8.43. The quantitative estimate of drug-likeness (QED) is 0.599. The molecule has 0 amide bonds. The summed E-state index contributed by atoms with van der Waals surface area (Å²) < 4.78 is 3.65. The van der Waals surface area contributed by atoms with E-state index >= 15 is 0 Å². The van der Waals surface area contributed by atoms with Crippen molar-refractivity contribution in [1.82, 2.24) is 0 Å². The van der Waals surface area contributed by atoms with Crippen LogP contribution in [0.3, 0.4) is 0 Å². The molecule has 0 bridgehead atoms. The maximum atomic E-state index is 10.4. The molecule has 0 aliphatic carbocycles. The van der Waals surface area contributed by atoms with Crippen LogP contribution in [0.15, 0.2) is 24.3 Å². The molecule has 0 saturated heterocycles. The Bertz CT molecular complexity index is 553. The second kappa shape index (κ2) is 7.60. The molecule has 1 aromatic heterocycles. The van der Waals surface area contributed by atoms with Gasteiger partial charge in [0, 0.05) is 25.8 Å². The van der Waals surface area contributed by atoms with Gasteiger partial charge in [-0.05, 0) is 18.9 Å². The summed E-state index contributed by atoms with van der Waals surface area (Å²) in [5, 5.41) is 9.89. The van der Waals surface area contributed by atoms with Crippen molar-refractivity contribution in [1.29, 1.82) is 0 Å². The number of thiazole rings is 1. The number of hydrogen-bond acceptors (Lipinski definition) is 2. The lowest BCUT2D eigenvalue weighted by Crippen LogP contribution is -3.00. The van der Waals surface area contributed by atoms with Crippen LogP contribution in [0.1, 0.15) is 30.7 Å². The summed E-state index contributed by atoms with van der Waals surface area (Å²) in [5.74, 6) is -0.695. The molecule has 0 aliphatic heterocycles. The zero-order chi connectivity index (χ0) is 13.0. The highest BCUT2D eigenvalue weighted by Gasteiger charge is 2.15. The normalized spacial score (nSPS) is 10.4. The molecule has 2 rings (SSSR count). The monoisotopic (exact) mass is 343 g/mol. The maximum absolute atomic E-state index is 10.4. The molecular weight excluding hydrogens is 326 g/mol. The number of unbranched alkanes of at least 4 members (excludes halogenated alkanes) is 2. The predicted molar refractivity (Wildman–Crippen MR) is 72.9 cm³/mol. The summed E-state index contributed by atoms with van der Waals surface area (Å²) in [4.78, 5) is 10.4. The molecule has 1 N–H and O–H groups in total. The second-order valence-corrected chi connectivity index (χ2v) is 5.68. The van der Waals surface area contributed by atoms with Gasteiger partial charge >= 0.3 is 5.97 Å². The van der Waals surface area contributed by atoms with Crippen molar-refractivity contribution in [3.05, 3.63) is 29.3 Å². The predicted octanol–water partition coefficient (Wildman–Crippen LogP) is 0.146.